The quantitative estimate of drug-likeness (QED) is 0.570. The number of carbonyl (C=O) groups is 1. The molecule has 3 atom stereocenters. The van der Waals surface area contributed by atoms with Gasteiger partial charge in [-0.25, -0.2) is 27.6 Å². The zero-order chi connectivity index (χ0) is 25.6. The van der Waals surface area contributed by atoms with Crippen LogP contribution in [0.3, 0.4) is 0 Å². The van der Waals surface area contributed by atoms with Crippen molar-refractivity contribution >= 4 is 27.4 Å². The summed E-state index contributed by atoms with van der Waals surface area (Å²) in [5, 5.41) is 2.54. The van der Waals surface area contributed by atoms with Crippen LogP contribution in [0.2, 0.25) is 0 Å². The van der Waals surface area contributed by atoms with Gasteiger partial charge >= 0.3 is 6.09 Å². The van der Waals surface area contributed by atoms with Crippen molar-refractivity contribution in [1.29, 1.82) is 0 Å². The second kappa shape index (κ2) is 9.49. The molecule has 1 aromatic carbocycles. The van der Waals surface area contributed by atoms with Gasteiger partial charge in [-0.05, 0) is 64.7 Å². The number of aromatic nitrogens is 2. The Morgan fingerprint density at radius 2 is 1.83 bits per heavy atom. The van der Waals surface area contributed by atoms with Gasteiger partial charge in [-0.2, -0.15) is 0 Å². The Hall–Kier alpha value is -2.95. The third-order valence-electron chi connectivity index (χ3n) is 7.04. The summed E-state index contributed by atoms with van der Waals surface area (Å²) in [4.78, 5) is 22.9. The number of hydrogen-bond donors (Lipinski definition) is 1. The van der Waals surface area contributed by atoms with Gasteiger partial charge in [0.15, 0.2) is 9.84 Å². The zero-order valence-electron chi connectivity index (χ0n) is 20.6. The van der Waals surface area contributed by atoms with E-state index >= 15 is 0 Å². The molecule has 5 rings (SSSR count). The molecule has 11 heteroatoms. The lowest BCUT2D eigenvalue weighted by Crippen LogP contribution is -2.50. The first-order valence-corrected chi connectivity index (χ1v) is 14.0. The SMILES string of the molecule is Cc1c(Nc2ccc(S(=O)(=O)C3CC3)cc2F)ncnc1O[C@H]1CC2CC[C@@H](C1)N2C(=O)OC(C)C. The molecule has 1 aromatic heterocycles. The van der Waals surface area contributed by atoms with Crippen molar-refractivity contribution in [2.24, 2.45) is 0 Å². The lowest BCUT2D eigenvalue weighted by molar-refractivity contribution is 0.0207. The van der Waals surface area contributed by atoms with Crippen molar-refractivity contribution < 1.29 is 27.1 Å². The van der Waals surface area contributed by atoms with Gasteiger partial charge in [0.05, 0.1) is 27.5 Å². The van der Waals surface area contributed by atoms with E-state index in [0.29, 0.717) is 42.9 Å². The van der Waals surface area contributed by atoms with E-state index in [2.05, 4.69) is 15.3 Å². The molecule has 1 saturated carbocycles. The van der Waals surface area contributed by atoms with Crippen LogP contribution in [-0.2, 0) is 14.6 Å². The van der Waals surface area contributed by atoms with Gasteiger partial charge in [-0.3, -0.25) is 0 Å². The van der Waals surface area contributed by atoms with E-state index in [1.54, 1.807) is 6.92 Å². The number of nitrogens with one attached hydrogen (secondary N) is 1. The molecule has 194 valence electrons. The number of benzene rings is 1. The molecule has 3 fully saturated rings. The highest BCUT2D eigenvalue weighted by molar-refractivity contribution is 7.92. The maximum atomic E-state index is 14.8. The largest absolute Gasteiger partial charge is 0.474 e. The van der Waals surface area contributed by atoms with E-state index < -0.39 is 20.9 Å². The number of piperidine rings is 1. The normalized spacial score (nSPS) is 23.6. The second-order valence-electron chi connectivity index (χ2n) is 10.1. The van der Waals surface area contributed by atoms with Gasteiger partial charge in [-0.15, -0.1) is 0 Å². The minimum atomic E-state index is -3.47. The molecule has 2 bridgehead atoms. The summed E-state index contributed by atoms with van der Waals surface area (Å²) in [5.74, 6) is 0.0931. The summed E-state index contributed by atoms with van der Waals surface area (Å²) in [7, 11) is -3.47. The minimum absolute atomic E-state index is 0.00488. The van der Waals surface area contributed by atoms with Crippen LogP contribution in [0, 0.1) is 12.7 Å². The smallest absolute Gasteiger partial charge is 0.410 e. The van der Waals surface area contributed by atoms with Gasteiger partial charge in [0.25, 0.3) is 0 Å². The van der Waals surface area contributed by atoms with Crippen molar-refractivity contribution in [1.82, 2.24) is 14.9 Å². The molecule has 9 nitrogen and oxygen atoms in total. The predicted molar refractivity (Wildman–Crippen MR) is 131 cm³/mol. The van der Waals surface area contributed by atoms with Crippen LogP contribution >= 0.6 is 0 Å². The minimum Gasteiger partial charge on any atom is -0.474 e. The molecule has 1 unspecified atom stereocenters. The number of fused-ring (bicyclic) bond motifs is 2. The monoisotopic (exact) mass is 518 g/mol. The molecule has 1 amide bonds. The third kappa shape index (κ3) is 4.85. The Kier molecular flexibility index (Phi) is 6.52. The fourth-order valence-electron chi connectivity index (χ4n) is 5.09. The molecular formula is C25H31FN4O5S. The summed E-state index contributed by atoms with van der Waals surface area (Å²) in [6.45, 7) is 5.47. The molecule has 2 aliphatic heterocycles. The Labute approximate surface area is 210 Å². The number of halogens is 1. The maximum Gasteiger partial charge on any atom is 0.410 e. The molecule has 1 aliphatic carbocycles. The van der Waals surface area contributed by atoms with E-state index in [9.17, 15) is 17.6 Å². The highest BCUT2D eigenvalue weighted by Gasteiger charge is 2.45. The number of anilines is 2. The molecule has 1 N–H and O–H groups in total. The number of amides is 1. The molecule has 2 saturated heterocycles. The first-order valence-electron chi connectivity index (χ1n) is 12.4. The van der Waals surface area contributed by atoms with E-state index in [4.69, 9.17) is 9.47 Å². The number of rotatable bonds is 7. The fourth-order valence-corrected chi connectivity index (χ4v) is 6.76. The van der Waals surface area contributed by atoms with Crippen molar-refractivity contribution in [2.75, 3.05) is 5.32 Å². The Morgan fingerprint density at radius 3 is 2.44 bits per heavy atom. The molecule has 2 aromatic rings. The van der Waals surface area contributed by atoms with Gasteiger partial charge in [-0.1, -0.05) is 0 Å². The van der Waals surface area contributed by atoms with E-state index in [-0.39, 0.29) is 41.0 Å². The fraction of sp³-hybridized carbons (Fsp3) is 0.560. The van der Waals surface area contributed by atoms with Crippen LogP contribution in [0.15, 0.2) is 29.4 Å². The second-order valence-corrected chi connectivity index (χ2v) is 12.3. The average Bonchev–Trinajstić information content (AvgIpc) is 3.63. The van der Waals surface area contributed by atoms with Crippen LogP contribution in [0.5, 0.6) is 5.88 Å². The van der Waals surface area contributed by atoms with Crippen LogP contribution in [0.25, 0.3) is 0 Å². The van der Waals surface area contributed by atoms with E-state index in [0.717, 1.165) is 18.9 Å². The number of carbonyl (C=O) groups excluding carboxylic acids is 1. The van der Waals surface area contributed by atoms with Crippen LogP contribution in [0.1, 0.15) is 57.9 Å². The van der Waals surface area contributed by atoms with E-state index in [1.807, 2.05) is 18.7 Å². The van der Waals surface area contributed by atoms with Gasteiger partial charge in [0.2, 0.25) is 5.88 Å². The lowest BCUT2D eigenvalue weighted by Gasteiger charge is -2.38. The molecular weight excluding hydrogens is 487 g/mol. The van der Waals surface area contributed by atoms with Gasteiger partial charge < -0.3 is 19.7 Å². The Morgan fingerprint density at radius 1 is 1.14 bits per heavy atom. The molecule has 0 radical (unpaired) electrons. The Bertz CT molecular complexity index is 1250. The van der Waals surface area contributed by atoms with Gasteiger partial charge in [0.1, 0.15) is 24.1 Å². The number of sulfone groups is 1. The van der Waals surface area contributed by atoms with Gasteiger partial charge in [0, 0.05) is 24.9 Å². The predicted octanol–water partition coefficient (Wildman–Crippen LogP) is 4.52. The third-order valence-corrected chi connectivity index (χ3v) is 9.30. The summed E-state index contributed by atoms with van der Waals surface area (Å²) in [5.41, 5.74) is 0.730. The average molecular weight is 519 g/mol. The molecule has 36 heavy (non-hydrogen) atoms. The first-order chi connectivity index (χ1) is 17.1. The lowest BCUT2D eigenvalue weighted by atomic mass is 10.0. The van der Waals surface area contributed by atoms with Crippen molar-refractivity contribution in [3.8, 4) is 5.88 Å². The highest BCUT2D eigenvalue weighted by atomic mass is 32.2. The number of nitrogens with zero attached hydrogens (tertiary/aromatic N) is 3. The summed E-state index contributed by atoms with van der Waals surface area (Å²) < 4.78 is 51.3. The standard InChI is InChI=1S/C25H31FN4O5S/c1-14(2)34-25(31)30-16-4-5-17(30)11-18(10-16)35-24-15(3)23(27-13-28-24)29-22-9-8-20(12-21(22)26)36(32,33)19-6-7-19/h8-9,12-14,16-19H,4-7,10-11H2,1-3H3,(H,27,28,29)/t16-,17?,18+/m0/s1. The Balaban J connectivity index is 1.27. The number of hydrogen-bond acceptors (Lipinski definition) is 8. The maximum absolute atomic E-state index is 14.8. The zero-order valence-corrected chi connectivity index (χ0v) is 21.4. The molecule has 0 spiro atoms. The van der Waals surface area contributed by atoms with Crippen molar-refractivity contribution in [3.63, 3.8) is 0 Å². The van der Waals surface area contributed by atoms with Crippen LogP contribution < -0.4 is 10.1 Å². The van der Waals surface area contributed by atoms with Crippen LogP contribution in [0.4, 0.5) is 20.7 Å². The summed E-state index contributed by atoms with van der Waals surface area (Å²) in [6.07, 6.45) is 5.24. The highest BCUT2D eigenvalue weighted by Crippen LogP contribution is 2.39. The topological polar surface area (TPSA) is 111 Å². The van der Waals surface area contributed by atoms with Crippen molar-refractivity contribution in [2.45, 2.75) is 93.7 Å². The summed E-state index contributed by atoms with van der Waals surface area (Å²) >= 11 is 0. The number of ether oxygens (including phenoxy) is 2. The van der Waals surface area contributed by atoms with E-state index in [1.165, 1.54) is 18.5 Å². The summed E-state index contributed by atoms with van der Waals surface area (Å²) in [6, 6.07) is 4.02. The molecule has 3 aliphatic rings. The van der Waals surface area contributed by atoms with Crippen LogP contribution in [-0.4, -0.2) is 58.9 Å². The first kappa shape index (κ1) is 24.7. The van der Waals surface area contributed by atoms with Crippen molar-refractivity contribution in [3.05, 3.63) is 35.9 Å². The molecule has 3 heterocycles.